The van der Waals surface area contributed by atoms with Crippen molar-refractivity contribution in [3.8, 4) is 5.88 Å². The SMILES string of the molecule is FC(F)Oc1ccccn1.NNC(=O)NN. The van der Waals surface area contributed by atoms with Crippen molar-refractivity contribution in [3.05, 3.63) is 24.4 Å². The highest BCUT2D eigenvalue weighted by atomic mass is 19.3. The van der Waals surface area contributed by atoms with Crippen LogP contribution in [0.15, 0.2) is 24.4 Å². The second kappa shape index (κ2) is 8.32. The van der Waals surface area contributed by atoms with E-state index in [1.165, 1.54) is 12.3 Å². The minimum Gasteiger partial charge on any atom is -0.417 e. The fourth-order valence-corrected chi connectivity index (χ4v) is 0.550. The van der Waals surface area contributed by atoms with Crippen molar-refractivity contribution in [2.24, 2.45) is 11.7 Å². The van der Waals surface area contributed by atoms with Gasteiger partial charge < -0.3 is 4.74 Å². The van der Waals surface area contributed by atoms with E-state index >= 15 is 0 Å². The van der Waals surface area contributed by atoms with E-state index in [0.29, 0.717) is 0 Å². The summed E-state index contributed by atoms with van der Waals surface area (Å²) in [5.41, 5.74) is 3.48. The number of alkyl halides is 2. The zero-order valence-electron chi connectivity index (χ0n) is 8.06. The predicted molar refractivity (Wildman–Crippen MR) is 50.9 cm³/mol. The summed E-state index contributed by atoms with van der Waals surface area (Å²) < 4.78 is 26.9. The minimum absolute atomic E-state index is 0.0579. The normalized spacial score (nSPS) is 8.81. The van der Waals surface area contributed by atoms with Gasteiger partial charge in [-0.05, 0) is 6.07 Å². The number of carbonyl (C=O) groups excluding carboxylic acids is 1. The monoisotopic (exact) mass is 235 g/mol. The van der Waals surface area contributed by atoms with E-state index in [2.05, 4.69) is 21.4 Å². The molecule has 0 atom stereocenters. The third kappa shape index (κ3) is 7.41. The molecule has 6 N–H and O–H groups in total. The van der Waals surface area contributed by atoms with Crippen LogP contribution in [0.5, 0.6) is 5.88 Å². The Morgan fingerprint density at radius 1 is 1.38 bits per heavy atom. The Bertz CT molecular complexity index is 292. The molecule has 90 valence electrons. The number of hydrogen-bond donors (Lipinski definition) is 4. The third-order valence-electron chi connectivity index (χ3n) is 1.11. The van der Waals surface area contributed by atoms with Gasteiger partial charge in [0.15, 0.2) is 0 Å². The topological polar surface area (TPSA) is 115 Å². The maximum atomic E-state index is 11.5. The van der Waals surface area contributed by atoms with E-state index in [1.54, 1.807) is 23.0 Å². The first-order valence-electron chi connectivity index (χ1n) is 3.93. The molecular formula is C7H11F2N5O2. The lowest BCUT2D eigenvalue weighted by atomic mass is 10.5. The molecule has 0 aliphatic rings. The van der Waals surface area contributed by atoms with Crippen molar-refractivity contribution < 1.29 is 18.3 Å². The highest BCUT2D eigenvalue weighted by molar-refractivity contribution is 5.72. The predicted octanol–water partition coefficient (Wildman–Crippen LogP) is -0.284. The molecular weight excluding hydrogens is 224 g/mol. The molecule has 1 rings (SSSR count). The summed E-state index contributed by atoms with van der Waals surface area (Å²) in [6.45, 7) is -2.80. The summed E-state index contributed by atoms with van der Waals surface area (Å²) in [6, 6.07) is 3.96. The Balaban J connectivity index is 0.000000325. The van der Waals surface area contributed by atoms with Gasteiger partial charge in [0.25, 0.3) is 0 Å². The average Bonchev–Trinajstić information content (AvgIpc) is 2.29. The Kier molecular flexibility index (Phi) is 7.28. The maximum absolute atomic E-state index is 11.5. The van der Waals surface area contributed by atoms with E-state index in [1.807, 2.05) is 0 Å². The van der Waals surface area contributed by atoms with Crippen molar-refractivity contribution in [1.82, 2.24) is 15.8 Å². The van der Waals surface area contributed by atoms with Crippen molar-refractivity contribution in [2.75, 3.05) is 0 Å². The van der Waals surface area contributed by atoms with Gasteiger partial charge in [-0.15, -0.1) is 0 Å². The van der Waals surface area contributed by atoms with Crippen LogP contribution in [0.1, 0.15) is 0 Å². The van der Waals surface area contributed by atoms with Gasteiger partial charge >= 0.3 is 12.6 Å². The van der Waals surface area contributed by atoms with Gasteiger partial charge in [-0.2, -0.15) is 8.78 Å². The van der Waals surface area contributed by atoms with Crippen LogP contribution in [0.4, 0.5) is 13.6 Å². The van der Waals surface area contributed by atoms with Crippen LogP contribution in [-0.4, -0.2) is 17.6 Å². The molecule has 0 spiro atoms. The quantitative estimate of drug-likeness (QED) is 0.319. The van der Waals surface area contributed by atoms with Crippen molar-refractivity contribution >= 4 is 6.03 Å². The number of pyridine rings is 1. The van der Waals surface area contributed by atoms with Gasteiger partial charge in [0, 0.05) is 12.3 Å². The second-order valence-corrected chi connectivity index (χ2v) is 2.16. The van der Waals surface area contributed by atoms with Gasteiger partial charge in [0.2, 0.25) is 5.88 Å². The number of amides is 2. The lowest BCUT2D eigenvalue weighted by molar-refractivity contribution is -0.0528. The van der Waals surface area contributed by atoms with Crippen LogP contribution in [0.25, 0.3) is 0 Å². The summed E-state index contributed by atoms with van der Waals surface area (Å²) in [5, 5.41) is 0. The molecule has 0 bridgehead atoms. The largest absolute Gasteiger partial charge is 0.417 e. The molecule has 1 heterocycles. The van der Waals surface area contributed by atoms with Crippen LogP contribution < -0.4 is 27.3 Å². The second-order valence-electron chi connectivity index (χ2n) is 2.16. The smallest absolute Gasteiger partial charge is 0.388 e. The summed E-state index contributed by atoms with van der Waals surface area (Å²) in [4.78, 5) is 13.2. The number of urea groups is 1. The zero-order chi connectivity index (χ0) is 12.4. The maximum Gasteiger partial charge on any atom is 0.388 e. The van der Waals surface area contributed by atoms with E-state index in [9.17, 15) is 13.6 Å². The first-order valence-corrected chi connectivity index (χ1v) is 3.93. The van der Waals surface area contributed by atoms with Crippen LogP contribution >= 0.6 is 0 Å². The highest BCUT2D eigenvalue weighted by Crippen LogP contribution is 2.06. The van der Waals surface area contributed by atoms with Gasteiger partial charge in [-0.1, -0.05) is 6.07 Å². The summed E-state index contributed by atoms with van der Waals surface area (Å²) in [5.74, 6) is 9.02. The molecule has 0 fully saturated rings. The lowest BCUT2D eigenvalue weighted by Crippen LogP contribution is -2.43. The lowest BCUT2D eigenvalue weighted by Gasteiger charge is -2.00. The molecule has 0 saturated carbocycles. The molecule has 1 aromatic heterocycles. The van der Waals surface area contributed by atoms with E-state index in [-0.39, 0.29) is 5.88 Å². The minimum atomic E-state index is -2.80. The van der Waals surface area contributed by atoms with Crippen molar-refractivity contribution in [2.45, 2.75) is 6.61 Å². The Morgan fingerprint density at radius 3 is 2.31 bits per heavy atom. The number of ether oxygens (including phenoxy) is 1. The van der Waals surface area contributed by atoms with Gasteiger partial charge in [0.1, 0.15) is 0 Å². The molecule has 0 aliphatic heterocycles. The number of nitrogens with one attached hydrogen (secondary N) is 2. The number of nitrogens with zero attached hydrogens (tertiary/aromatic N) is 1. The number of hydrogen-bond acceptors (Lipinski definition) is 5. The van der Waals surface area contributed by atoms with Gasteiger partial charge in [-0.3, -0.25) is 10.9 Å². The fraction of sp³-hybridized carbons (Fsp3) is 0.143. The summed E-state index contributed by atoms with van der Waals surface area (Å²) in [7, 11) is 0. The highest BCUT2D eigenvalue weighted by Gasteiger charge is 2.02. The molecule has 0 aromatic carbocycles. The summed E-state index contributed by atoms with van der Waals surface area (Å²) >= 11 is 0. The standard InChI is InChI=1S/C6H5F2NO.CH6N4O/c7-6(8)10-5-3-1-2-4-9-5;2-4-1(6)5-3/h1-4,6H;2-3H2,(H2,4,5,6). The fourth-order valence-electron chi connectivity index (χ4n) is 0.550. The number of hydrazine groups is 2. The molecule has 0 saturated heterocycles. The first kappa shape index (κ1) is 14.0. The first-order chi connectivity index (χ1) is 7.60. The van der Waals surface area contributed by atoms with Crippen molar-refractivity contribution in [1.29, 1.82) is 0 Å². The summed E-state index contributed by atoms with van der Waals surface area (Å²) in [6.07, 6.45) is 1.39. The Hall–Kier alpha value is -2.00. The van der Waals surface area contributed by atoms with Gasteiger partial charge in [-0.25, -0.2) is 21.5 Å². The van der Waals surface area contributed by atoms with Crippen LogP contribution in [-0.2, 0) is 0 Å². The number of aromatic nitrogens is 1. The molecule has 9 heteroatoms. The number of rotatable bonds is 2. The number of halogens is 2. The molecule has 0 radical (unpaired) electrons. The van der Waals surface area contributed by atoms with E-state index in [4.69, 9.17) is 0 Å². The molecule has 0 unspecified atom stereocenters. The average molecular weight is 235 g/mol. The number of carbonyl (C=O) groups is 1. The Labute approximate surface area is 89.7 Å². The van der Waals surface area contributed by atoms with Crippen molar-refractivity contribution in [3.63, 3.8) is 0 Å². The van der Waals surface area contributed by atoms with Crippen LogP contribution in [0, 0.1) is 0 Å². The molecule has 2 amide bonds. The molecule has 1 aromatic rings. The van der Waals surface area contributed by atoms with E-state index < -0.39 is 12.6 Å². The zero-order valence-corrected chi connectivity index (χ0v) is 8.06. The molecule has 0 aliphatic carbocycles. The van der Waals surface area contributed by atoms with Crippen LogP contribution in [0.3, 0.4) is 0 Å². The molecule has 7 nitrogen and oxygen atoms in total. The third-order valence-corrected chi connectivity index (χ3v) is 1.11. The molecule has 16 heavy (non-hydrogen) atoms. The van der Waals surface area contributed by atoms with Gasteiger partial charge in [0.05, 0.1) is 0 Å². The van der Waals surface area contributed by atoms with Crippen LogP contribution in [0.2, 0.25) is 0 Å². The number of nitrogens with two attached hydrogens (primary N) is 2. The Morgan fingerprint density at radius 2 is 2.00 bits per heavy atom. The van der Waals surface area contributed by atoms with E-state index in [0.717, 1.165) is 0 Å².